The summed E-state index contributed by atoms with van der Waals surface area (Å²) in [6.45, 7) is 5.97. The number of thioether (sulfide) groups is 1. The fourth-order valence-corrected chi connectivity index (χ4v) is 3.22. The summed E-state index contributed by atoms with van der Waals surface area (Å²) in [5.41, 5.74) is 3.12. The molecule has 0 aliphatic rings. The number of carbonyl (C=O) groups is 1. The van der Waals surface area contributed by atoms with Crippen molar-refractivity contribution in [2.24, 2.45) is 0 Å². The highest BCUT2D eigenvalue weighted by Crippen LogP contribution is 2.26. The van der Waals surface area contributed by atoms with E-state index in [1.165, 1.54) is 35.2 Å². The lowest BCUT2D eigenvalue weighted by Crippen LogP contribution is -2.13. The second kappa shape index (κ2) is 5.63. The summed E-state index contributed by atoms with van der Waals surface area (Å²) in [6, 6.07) is 5.83. The monoisotopic (exact) mass is 278 g/mol. The van der Waals surface area contributed by atoms with Crippen LogP contribution < -0.4 is 0 Å². The van der Waals surface area contributed by atoms with Crippen LogP contribution in [0.3, 0.4) is 0 Å². The molecule has 0 fully saturated rings. The van der Waals surface area contributed by atoms with Crippen LogP contribution in [0.2, 0.25) is 0 Å². The van der Waals surface area contributed by atoms with E-state index in [1.54, 1.807) is 0 Å². The Bertz CT molecular complexity index is 552. The van der Waals surface area contributed by atoms with E-state index in [4.69, 9.17) is 0 Å². The molecule has 0 saturated carbocycles. The third kappa shape index (κ3) is 2.97. The van der Waals surface area contributed by atoms with Crippen LogP contribution in [0, 0.1) is 13.8 Å². The lowest BCUT2D eigenvalue weighted by Gasteiger charge is -2.09. The van der Waals surface area contributed by atoms with E-state index in [0.717, 1.165) is 15.5 Å². The molecule has 1 atom stereocenters. The van der Waals surface area contributed by atoms with Crippen molar-refractivity contribution < 1.29 is 4.79 Å². The summed E-state index contributed by atoms with van der Waals surface area (Å²) in [5.74, 6) is 0.137. The molecule has 2 rings (SSSR count). The number of Topliss-reactive ketones (excluding diaryl/α,β-unsaturated/α-hetero) is 1. The van der Waals surface area contributed by atoms with Crippen LogP contribution in [-0.4, -0.2) is 20.4 Å². The number of ketones is 1. The maximum absolute atomic E-state index is 12.3. The molecule has 3 nitrogen and oxygen atoms in total. The van der Waals surface area contributed by atoms with Crippen molar-refractivity contribution in [1.29, 1.82) is 0 Å². The fraction of sp³-hybridized carbons (Fsp3) is 0.308. The minimum absolute atomic E-state index is 0.137. The zero-order chi connectivity index (χ0) is 13.1. The van der Waals surface area contributed by atoms with Crippen molar-refractivity contribution in [3.8, 4) is 0 Å². The summed E-state index contributed by atoms with van der Waals surface area (Å²) in [7, 11) is 0. The summed E-state index contributed by atoms with van der Waals surface area (Å²) in [6.07, 6.45) is 1.51. The summed E-state index contributed by atoms with van der Waals surface area (Å²) < 4.78 is 4.76. The minimum atomic E-state index is -0.139. The average Bonchev–Trinajstić information content (AvgIpc) is 2.84. The van der Waals surface area contributed by atoms with Gasteiger partial charge in [0.15, 0.2) is 10.1 Å². The maximum Gasteiger partial charge on any atom is 0.175 e. The second-order valence-corrected chi connectivity index (χ2v) is 6.50. The van der Waals surface area contributed by atoms with Gasteiger partial charge in [0.05, 0.1) is 5.25 Å². The van der Waals surface area contributed by atoms with Crippen LogP contribution in [-0.2, 0) is 0 Å². The number of rotatable bonds is 4. The zero-order valence-corrected chi connectivity index (χ0v) is 12.1. The number of hydrogen-bond acceptors (Lipinski definition) is 5. The molecule has 0 radical (unpaired) electrons. The average molecular weight is 278 g/mol. The number of hydrogen-bond donors (Lipinski definition) is 0. The van der Waals surface area contributed by atoms with Gasteiger partial charge < -0.3 is 0 Å². The van der Waals surface area contributed by atoms with Crippen LogP contribution in [0.5, 0.6) is 0 Å². The number of aryl methyl sites for hydroxylation is 2. The van der Waals surface area contributed by atoms with Crippen LogP contribution in [0.1, 0.15) is 28.4 Å². The molecule has 0 N–H and O–H groups in total. The van der Waals surface area contributed by atoms with Crippen LogP contribution in [0.15, 0.2) is 28.9 Å². The Kier molecular flexibility index (Phi) is 4.14. The van der Waals surface area contributed by atoms with Crippen molar-refractivity contribution in [3.05, 3.63) is 41.2 Å². The molecule has 5 heteroatoms. The van der Waals surface area contributed by atoms with Crippen molar-refractivity contribution >= 4 is 29.1 Å². The Morgan fingerprint density at radius 2 is 2.11 bits per heavy atom. The first-order valence-corrected chi connectivity index (χ1v) is 7.28. The van der Waals surface area contributed by atoms with Gasteiger partial charge in [-0.15, -0.1) is 0 Å². The van der Waals surface area contributed by atoms with Crippen molar-refractivity contribution in [2.45, 2.75) is 30.4 Å². The van der Waals surface area contributed by atoms with E-state index in [1.807, 2.05) is 39.0 Å². The molecule has 2 aromatic rings. The number of aromatic nitrogens is 2. The number of nitrogens with zero attached hydrogens (tertiary/aromatic N) is 2. The minimum Gasteiger partial charge on any atom is -0.293 e. The largest absolute Gasteiger partial charge is 0.293 e. The first-order chi connectivity index (χ1) is 8.58. The van der Waals surface area contributed by atoms with Gasteiger partial charge in [-0.2, -0.15) is 4.37 Å². The standard InChI is InChI=1S/C13H14N2OS2/c1-8-4-5-11(6-9(8)2)12(16)10(3)17-13-14-7-15-18-13/h4-7,10H,1-3H3. The van der Waals surface area contributed by atoms with E-state index in [2.05, 4.69) is 9.36 Å². The van der Waals surface area contributed by atoms with Gasteiger partial charge in [0.25, 0.3) is 0 Å². The Labute approximate surface area is 115 Å². The second-order valence-electron chi connectivity index (χ2n) is 4.13. The molecule has 0 spiro atoms. The van der Waals surface area contributed by atoms with Crippen LogP contribution in [0.25, 0.3) is 0 Å². The van der Waals surface area contributed by atoms with Crippen LogP contribution >= 0.6 is 23.3 Å². The third-order valence-electron chi connectivity index (χ3n) is 2.78. The Balaban J connectivity index is 2.12. The highest BCUT2D eigenvalue weighted by atomic mass is 32.2. The molecule has 0 saturated heterocycles. The molecule has 1 aromatic heterocycles. The van der Waals surface area contributed by atoms with Gasteiger partial charge in [-0.1, -0.05) is 23.9 Å². The summed E-state index contributed by atoms with van der Waals surface area (Å²) in [4.78, 5) is 16.4. The third-order valence-corrected chi connectivity index (χ3v) is 4.63. The molecule has 94 valence electrons. The molecule has 0 aliphatic carbocycles. The molecule has 0 bridgehead atoms. The van der Waals surface area contributed by atoms with Gasteiger partial charge in [-0.05, 0) is 49.5 Å². The molecule has 1 heterocycles. The van der Waals surface area contributed by atoms with Gasteiger partial charge in [0.2, 0.25) is 0 Å². The normalized spacial score (nSPS) is 12.4. The highest BCUT2D eigenvalue weighted by molar-refractivity contribution is 8.02. The lowest BCUT2D eigenvalue weighted by atomic mass is 10.0. The summed E-state index contributed by atoms with van der Waals surface area (Å²) in [5, 5.41) is -0.139. The van der Waals surface area contributed by atoms with Crippen molar-refractivity contribution in [2.75, 3.05) is 0 Å². The predicted octanol–water partition coefficient (Wildman–Crippen LogP) is 3.52. The highest BCUT2D eigenvalue weighted by Gasteiger charge is 2.18. The topological polar surface area (TPSA) is 42.9 Å². The van der Waals surface area contributed by atoms with E-state index >= 15 is 0 Å². The fourth-order valence-electron chi connectivity index (χ4n) is 1.55. The number of benzene rings is 1. The molecular formula is C13H14N2OS2. The van der Waals surface area contributed by atoms with Crippen molar-refractivity contribution in [3.63, 3.8) is 0 Å². The maximum atomic E-state index is 12.3. The van der Waals surface area contributed by atoms with E-state index in [9.17, 15) is 4.79 Å². The lowest BCUT2D eigenvalue weighted by molar-refractivity contribution is 0.0994. The number of carbonyl (C=O) groups excluding carboxylic acids is 1. The quantitative estimate of drug-likeness (QED) is 0.634. The van der Waals surface area contributed by atoms with Gasteiger partial charge in [-0.25, -0.2) is 4.98 Å². The first-order valence-electron chi connectivity index (χ1n) is 5.62. The Hall–Kier alpha value is -1.20. The van der Waals surface area contributed by atoms with E-state index < -0.39 is 0 Å². The van der Waals surface area contributed by atoms with Gasteiger partial charge in [0, 0.05) is 5.56 Å². The van der Waals surface area contributed by atoms with Crippen molar-refractivity contribution in [1.82, 2.24) is 9.36 Å². The van der Waals surface area contributed by atoms with E-state index in [-0.39, 0.29) is 11.0 Å². The smallest absolute Gasteiger partial charge is 0.175 e. The van der Waals surface area contributed by atoms with Gasteiger partial charge in [0.1, 0.15) is 6.33 Å². The Morgan fingerprint density at radius 1 is 1.33 bits per heavy atom. The molecule has 18 heavy (non-hydrogen) atoms. The first kappa shape index (κ1) is 13.2. The van der Waals surface area contributed by atoms with E-state index in [0.29, 0.717) is 0 Å². The SMILES string of the molecule is Cc1ccc(C(=O)C(C)Sc2ncns2)cc1C. The van der Waals surface area contributed by atoms with Crippen LogP contribution in [0.4, 0.5) is 0 Å². The molecule has 0 amide bonds. The van der Waals surface area contributed by atoms with Gasteiger partial charge >= 0.3 is 0 Å². The van der Waals surface area contributed by atoms with Gasteiger partial charge in [-0.3, -0.25) is 4.79 Å². The predicted molar refractivity (Wildman–Crippen MR) is 75.5 cm³/mol. The zero-order valence-electron chi connectivity index (χ0n) is 10.5. The molecule has 1 unspecified atom stereocenters. The summed E-state index contributed by atoms with van der Waals surface area (Å²) >= 11 is 2.78. The molecule has 0 aliphatic heterocycles. The Morgan fingerprint density at radius 3 is 2.72 bits per heavy atom. The molecular weight excluding hydrogens is 264 g/mol. The molecule has 1 aromatic carbocycles.